The van der Waals surface area contributed by atoms with Crippen LogP contribution in [0.3, 0.4) is 0 Å². The SMILES string of the molecule is Cc1cc(-c2ccccc2)cc(-c2ccc(-c3ccccn3)cc2)c1. The van der Waals surface area contributed by atoms with Crippen LogP contribution in [0.25, 0.3) is 33.5 Å². The highest BCUT2D eigenvalue weighted by Crippen LogP contribution is 2.29. The summed E-state index contributed by atoms with van der Waals surface area (Å²) in [5.41, 5.74) is 8.38. The largest absolute Gasteiger partial charge is 0.256 e. The monoisotopic (exact) mass is 321 g/mol. The van der Waals surface area contributed by atoms with Crippen LogP contribution < -0.4 is 0 Å². The zero-order valence-corrected chi connectivity index (χ0v) is 14.2. The highest BCUT2D eigenvalue weighted by atomic mass is 14.7. The molecule has 0 spiro atoms. The third-order valence-electron chi connectivity index (χ3n) is 4.36. The van der Waals surface area contributed by atoms with Gasteiger partial charge in [-0.25, -0.2) is 0 Å². The van der Waals surface area contributed by atoms with Crippen molar-refractivity contribution >= 4 is 0 Å². The average Bonchev–Trinajstić information content (AvgIpc) is 2.69. The van der Waals surface area contributed by atoms with Gasteiger partial charge in [0, 0.05) is 11.8 Å². The average molecular weight is 321 g/mol. The molecular formula is C24H19N. The molecule has 0 fully saturated rings. The van der Waals surface area contributed by atoms with Crippen LogP contribution in [-0.4, -0.2) is 4.98 Å². The molecule has 0 amide bonds. The third-order valence-corrected chi connectivity index (χ3v) is 4.36. The van der Waals surface area contributed by atoms with Crippen molar-refractivity contribution in [3.05, 3.63) is 103 Å². The van der Waals surface area contributed by atoms with Crippen LogP contribution in [0.5, 0.6) is 0 Å². The molecule has 0 saturated carbocycles. The Morgan fingerprint density at radius 2 is 1.12 bits per heavy atom. The van der Waals surface area contributed by atoms with E-state index < -0.39 is 0 Å². The van der Waals surface area contributed by atoms with Gasteiger partial charge in [0.15, 0.2) is 0 Å². The molecule has 0 aliphatic heterocycles. The number of nitrogens with zero attached hydrogens (tertiary/aromatic N) is 1. The van der Waals surface area contributed by atoms with Gasteiger partial charge in [0.2, 0.25) is 0 Å². The minimum atomic E-state index is 1.00. The third kappa shape index (κ3) is 3.36. The van der Waals surface area contributed by atoms with Crippen molar-refractivity contribution in [2.45, 2.75) is 6.92 Å². The van der Waals surface area contributed by atoms with Crippen molar-refractivity contribution in [3.63, 3.8) is 0 Å². The number of aromatic nitrogens is 1. The lowest BCUT2D eigenvalue weighted by molar-refractivity contribution is 1.33. The van der Waals surface area contributed by atoms with Crippen LogP contribution in [0.15, 0.2) is 97.2 Å². The number of hydrogen-bond donors (Lipinski definition) is 0. The topological polar surface area (TPSA) is 12.9 Å². The van der Waals surface area contributed by atoms with Gasteiger partial charge in [0.25, 0.3) is 0 Å². The maximum atomic E-state index is 4.42. The van der Waals surface area contributed by atoms with Crippen LogP contribution >= 0.6 is 0 Å². The highest BCUT2D eigenvalue weighted by Gasteiger charge is 2.05. The van der Waals surface area contributed by atoms with E-state index in [1.54, 1.807) is 0 Å². The molecule has 0 aliphatic carbocycles. The summed E-state index contributed by atoms with van der Waals surface area (Å²) in [6, 6.07) is 31.9. The number of rotatable bonds is 3. The number of pyridine rings is 1. The molecule has 1 nitrogen and oxygen atoms in total. The summed E-state index contributed by atoms with van der Waals surface area (Å²) >= 11 is 0. The first-order chi connectivity index (χ1) is 12.3. The Balaban J connectivity index is 1.71. The van der Waals surface area contributed by atoms with E-state index in [1.165, 1.54) is 27.8 Å². The summed E-state index contributed by atoms with van der Waals surface area (Å²) in [4.78, 5) is 4.42. The number of benzene rings is 3. The smallest absolute Gasteiger partial charge is 0.0701 e. The first kappa shape index (κ1) is 15.3. The first-order valence-corrected chi connectivity index (χ1v) is 8.48. The van der Waals surface area contributed by atoms with Crippen molar-refractivity contribution in [2.24, 2.45) is 0 Å². The van der Waals surface area contributed by atoms with Crippen molar-refractivity contribution in [1.82, 2.24) is 4.98 Å². The fourth-order valence-corrected chi connectivity index (χ4v) is 3.11. The van der Waals surface area contributed by atoms with E-state index in [-0.39, 0.29) is 0 Å². The zero-order chi connectivity index (χ0) is 17.1. The van der Waals surface area contributed by atoms with E-state index in [0.29, 0.717) is 0 Å². The molecule has 3 aromatic carbocycles. The Morgan fingerprint density at radius 1 is 0.520 bits per heavy atom. The maximum absolute atomic E-state index is 4.42. The normalized spacial score (nSPS) is 10.6. The summed E-state index contributed by atoms with van der Waals surface area (Å²) in [5, 5.41) is 0. The van der Waals surface area contributed by atoms with E-state index in [4.69, 9.17) is 0 Å². The van der Waals surface area contributed by atoms with Crippen molar-refractivity contribution < 1.29 is 0 Å². The van der Waals surface area contributed by atoms with Crippen LogP contribution in [0.4, 0.5) is 0 Å². The van der Waals surface area contributed by atoms with Crippen molar-refractivity contribution in [3.8, 4) is 33.5 Å². The summed E-state index contributed by atoms with van der Waals surface area (Å²) in [6.45, 7) is 2.15. The fraction of sp³-hybridized carbons (Fsp3) is 0.0417. The molecule has 4 rings (SSSR count). The molecule has 1 heterocycles. The maximum Gasteiger partial charge on any atom is 0.0701 e. The zero-order valence-electron chi connectivity index (χ0n) is 14.2. The quantitative estimate of drug-likeness (QED) is 0.426. The predicted molar refractivity (Wildman–Crippen MR) is 105 cm³/mol. The Hall–Kier alpha value is -3.19. The fourth-order valence-electron chi connectivity index (χ4n) is 3.11. The lowest BCUT2D eigenvalue weighted by Crippen LogP contribution is -1.86. The van der Waals surface area contributed by atoms with E-state index >= 15 is 0 Å². The van der Waals surface area contributed by atoms with Gasteiger partial charge in [-0.05, 0) is 52.9 Å². The molecule has 0 atom stereocenters. The molecular weight excluding hydrogens is 302 g/mol. The van der Waals surface area contributed by atoms with Gasteiger partial charge < -0.3 is 0 Å². The molecule has 1 heteroatoms. The van der Waals surface area contributed by atoms with Gasteiger partial charge in [-0.3, -0.25) is 4.98 Å². The lowest BCUT2D eigenvalue weighted by atomic mass is 9.96. The molecule has 0 aliphatic rings. The lowest BCUT2D eigenvalue weighted by Gasteiger charge is -2.09. The van der Waals surface area contributed by atoms with Crippen LogP contribution in [0, 0.1) is 6.92 Å². The summed E-state index contributed by atoms with van der Waals surface area (Å²) in [7, 11) is 0. The van der Waals surface area contributed by atoms with Gasteiger partial charge in [0.05, 0.1) is 5.69 Å². The second-order valence-electron chi connectivity index (χ2n) is 6.25. The molecule has 120 valence electrons. The van der Waals surface area contributed by atoms with E-state index in [0.717, 1.165) is 11.3 Å². The molecule has 1 aromatic heterocycles. The van der Waals surface area contributed by atoms with Gasteiger partial charge in [-0.2, -0.15) is 0 Å². The summed E-state index contributed by atoms with van der Waals surface area (Å²) in [5.74, 6) is 0. The summed E-state index contributed by atoms with van der Waals surface area (Å²) < 4.78 is 0. The van der Waals surface area contributed by atoms with Gasteiger partial charge in [0.1, 0.15) is 0 Å². The van der Waals surface area contributed by atoms with E-state index in [9.17, 15) is 0 Å². The van der Waals surface area contributed by atoms with E-state index in [2.05, 4.69) is 84.7 Å². The standard InChI is InChI=1S/C24H19N/c1-18-15-22(19-7-3-2-4-8-19)17-23(16-18)20-10-12-21(13-11-20)24-9-5-6-14-25-24/h2-17H,1H3. The molecule has 0 saturated heterocycles. The molecule has 4 aromatic rings. The molecule has 0 bridgehead atoms. The second kappa shape index (κ2) is 6.74. The van der Waals surface area contributed by atoms with Crippen LogP contribution in [0.1, 0.15) is 5.56 Å². The predicted octanol–water partition coefficient (Wildman–Crippen LogP) is 6.39. The highest BCUT2D eigenvalue weighted by molar-refractivity contribution is 5.75. The Morgan fingerprint density at radius 3 is 1.76 bits per heavy atom. The van der Waals surface area contributed by atoms with Crippen LogP contribution in [0.2, 0.25) is 0 Å². The molecule has 25 heavy (non-hydrogen) atoms. The molecule has 0 radical (unpaired) electrons. The second-order valence-corrected chi connectivity index (χ2v) is 6.25. The minimum absolute atomic E-state index is 1.00. The first-order valence-electron chi connectivity index (χ1n) is 8.48. The molecule has 0 unspecified atom stereocenters. The summed E-state index contributed by atoms with van der Waals surface area (Å²) in [6.07, 6.45) is 1.83. The minimum Gasteiger partial charge on any atom is -0.256 e. The number of hydrogen-bond acceptors (Lipinski definition) is 1. The van der Waals surface area contributed by atoms with E-state index in [1.807, 2.05) is 24.4 Å². The van der Waals surface area contributed by atoms with Crippen LogP contribution in [-0.2, 0) is 0 Å². The Bertz CT molecular complexity index is 971. The Kier molecular flexibility index (Phi) is 4.14. The van der Waals surface area contributed by atoms with Gasteiger partial charge in [-0.1, -0.05) is 72.8 Å². The molecule has 0 N–H and O–H groups in total. The van der Waals surface area contributed by atoms with Crippen molar-refractivity contribution in [2.75, 3.05) is 0 Å². The Labute approximate surface area is 148 Å². The van der Waals surface area contributed by atoms with Crippen molar-refractivity contribution in [1.29, 1.82) is 0 Å². The number of aryl methyl sites for hydroxylation is 1. The van der Waals surface area contributed by atoms with Gasteiger partial charge in [-0.15, -0.1) is 0 Å². The van der Waals surface area contributed by atoms with Gasteiger partial charge >= 0.3 is 0 Å².